The molecule has 39 heavy (non-hydrogen) atoms. The van der Waals surface area contributed by atoms with Gasteiger partial charge in [0.1, 0.15) is 6.61 Å². The van der Waals surface area contributed by atoms with Crippen LogP contribution in [-0.4, -0.2) is 59.7 Å². The van der Waals surface area contributed by atoms with Gasteiger partial charge in [0.05, 0.1) is 41.9 Å². The van der Waals surface area contributed by atoms with Crippen LogP contribution < -0.4 is 5.32 Å². The summed E-state index contributed by atoms with van der Waals surface area (Å²) >= 11 is 0. The van der Waals surface area contributed by atoms with Gasteiger partial charge in [-0.3, -0.25) is 4.79 Å². The Morgan fingerprint density at radius 3 is 2.28 bits per heavy atom. The molecule has 9 heteroatoms. The molecule has 0 saturated carbocycles. The number of nitrogens with one attached hydrogen (secondary N) is 1. The van der Waals surface area contributed by atoms with E-state index >= 15 is 0 Å². The number of nitrogens with zero attached hydrogens (tertiary/aromatic N) is 3. The maximum atomic E-state index is 13.7. The molecule has 0 spiro atoms. The van der Waals surface area contributed by atoms with Gasteiger partial charge in [-0.15, -0.1) is 0 Å². The summed E-state index contributed by atoms with van der Waals surface area (Å²) in [5.74, 6) is -2.03. The number of hydrogen-bond acceptors (Lipinski definition) is 7. The third-order valence-electron chi connectivity index (χ3n) is 6.86. The van der Waals surface area contributed by atoms with Crippen molar-refractivity contribution in [2.75, 3.05) is 27.3 Å². The number of rotatable bonds is 8. The maximum Gasteiger partial charge on any atom is 0.336 e. The SMILES string of the molecule is COC(=O)C1=C(C)NC(C)=C(C(=O)OCCN(C)C(=O)c2ccccc2)C1c1c(C(C)C)nn2ccccc12. The van der Waals surface area contributed by atoms with Crippen LogP contribution in [0, 0.1) is 0 Å². The van der Waals surface area contributed by atoms with Crippen molar-refractivity contribution in [2.24, 2.45) is 0 Å². The molecule has 2 aromatic heterocycles. The van der Waals surface area contributed by atoms with E-state index < -0.39 is 17.9 Å². The van der Waals surface area contributed by atoms with Crippen LogP contribution in [0.1, 0.15) is 61.1 Å². The lowest BCUT2D eigenvalue weighted by molar-refractivity contribution is -0.139. The minimum atomic E-state index is -0.757. The van der Waals surface area contributed by atoms with E-state index in [1.807, 2.05) is 44.3 Å². The summed E-state index contributed by atoms with van der Waals surface area (Å²) in [6.45, 7) is 7.81. The van der Waals surface area contributed by atoms with E-state index in [0.29, 0.717) is 28.1 Å². The molecule has 1 N–H and O–H groups in total. The van der Waals surface area contributed by atoms with E-state index in [1.165, 1.54) is 12.0 Å². The molecule has 1 unspecified atom stereocenters. The highest BCUT2D eigenvalue weighted by Gasteiger charge is 2.41. The zero-order valence-corrected chi connectivity index (χ0v) is 23.1. The summed E-state index contributed by atoms with van der Waals surface area (Å²) in [7, 11) is 2.98. The number of carbonyl (C=O) groups excluding carboxylic acids is 3. The largest absolute Gasteiger partial charge is 0.466 e. The number of pyridine rings is 1. The smallest absolute Gasteiger partial charge is 0.336 e. The lowest BCUT2D eigenvalue weighted by atomic mass is 9.78. The van der Waals surface area contributed by atoms with Gasteiger partial charge in [-0.2, -0.15) is 5.10 Å². The number of aromatic nitrogens is 2. The second-order valence-electron chi connectivity index (χ2n) is 9.84. The third kappa shape index (κ3) is 5.43. The normalized spacial score (nSPS) is 15.4. The van der Waals surface area contributed by atoms with Gasteiger partial charge in [-0.25, -0.2) is 14.1 Å². The minimum absolute atomic E-state index is 0.0144. The van der Waals surface area contributed by atoms with E-state index in [9.17, 15) is 14.4 Å². The number of allylic oxidation sites excluding steroid dienone is 2. The Labute approximate surface area is 228 Å². The Bertz CT molecular complexity index is 1470. The van der Waals surface area contributed by atoms with Crippen LogP contribution >= 0.6 is 0 Å². The molecule has 3 aromatic rings. The van der Waals surface area contributed by atoms with Crippen molar-refractivity contribution in [3.8, 4) is 0 Å². The average molecular weight is 531 g/mol. The molecule has 1 aliphatic rings. The minimum Gasteiger partial charge on any atom is -0.466 e. The highest BCUT2D eigenvalue weighted by atomic mass is 16.5. The Morgan fingerprint density at radius 1 is 1.00 bits per heavy atom. The molecule has 0 radical (unpaired) electrons. The Kier molecular flexibility index (Phi) is 8.18. The number of benzene rings is 1. The maximum absolute atomic E-state index is 13.7. The van der Waals surface area contributed by atoms with E-state index in [2.05, 4.69) is 5.32 Å². The predicted molar refractivity (Wildman–Crippen MR) is 147 cm³/mol. The lowest BCUT2D eigenvalue weighted by Gasteiger charge is -2.30. The van der Waals surface area contributed by atoms with E-state index in [0.717, 1.165) is 16.8 Å². The number of esters is 2. The number of methoxy groups -OCH3 is 1. The van der Waals surface area contributed by atoms with E-state index in [1.54, 1.807) is 49.7 Å². The standard InChI is InChI=1S/C30H34N4O5/c1-18(2)27-25(22-14-10-11-15-34(22)32-27)26-23(29(36)38-6)19(3)31-20(4)24(26)30(37)39-17-16-33(5)28(35)21-12-8-7-9-13-21/h7-15,18,26,31H,16-17H2,1-6H3. The highest BCUT2D eigenvalue weighted by Crippen LogP contribution is 2.43. The monoisotopic (exact) mass is 530 g/mol. The first-order valence-corrected chi connectivity index (χ1v) is 12.9. The summed E-state index contributed by atoms with van der Waals surface area (Å²) < 4.78 is 12.6. The average Bonchev–Trinajstić information content (AvgIpc) is 3.32. The Morgan fingerprint density at radius 2 is 1.64 bits per heavy atom. The highest BCUT2D eigenvalue weighted by molar-refractivity contribution is 6.01. The summed E-state index contributed by atoms with van der Waals surface area (Å²) in [5.41, 5.74) is 4.68. The number of carbonyl (C=O) groups is 3. The van der Waals surface area contributed by atoms with Crippen molar-refractivity contribution >= 4 is 23.4 Å². The zero-order valence-electron chi connectivity index (χ0n) is 23.1. The topological polar surface area (TPSA) is 102 Å². The van der Waals surface area contributed by atoms with Gasteiger partial charge in [0.2, 0.25) is 0 Å². The van der Waals surface area contributed by atoms with Gasteiger partial charge >= 0.3 is 11.9 Å². The first kappa shape index (κ1) is 27.6. The number of dihydropyridines is 1. The third-order valence-corrected chi connectivity index (χ3v) is 6.86. The number of amides is 1. The molecular formula is C30H34N4O5. The molecule has 1 aromatic carbocycles. The summed E-state index contributed by atoms with van der Waals surface area (Å²) in [6.07, 6.45) is 1.84. The van der Waals surface area contributed by atoms with Crippen LogP contribution in [0.3, 0.4) is 0 Å². The summed E-state index contributed by atoms with van der Waals surface area (Å²) in [5, 5.41) is 7.96. The summed E-state index contributed by atoms with van der Waals surface area (Å²) in [6, 6.07) is 14.6. The van der Waals surface area contributed by atoms with Crippen LogP contribution in [0.5, 0.6) is 0 Å². The molecule has 0 saturated heterocycles. The molecule has 204 valence electrons. The quantitative estimate of drug-likeness (QED) is 0.436. The molecule has 4 rings (SSSR count). The second-order valence-corrected chi connectivity index (χ2v) is 9.84. The molecule has 0 aliphatic carbocycles. The van der Waals surface area contributed by atoms with Crippen molar-refractivity contribution in [1.82, 2.24) is 19.8 Å². The fourth-order valence-corrected chi connectivity index (χ4v) is 4.95. The summed E-state index contributed by atoms with van der Waals surface area (Å²) in [4.78, 5) is 41.0. The molecular weight excluding hydrogens is 496 g/mol. The molecule has 0 bridgehead atoms. The first-order valence-electron chi connectivity index (χ1n) is 12.9. The van der Waals surface area contributed by atoms with Gasteiger partial charge in [0.15, 0.2) is 0 Å². The van der Waals surface area contributed by atoms with Crippen molar-refractivity contribution in [1.29, 1.82) is 0 Å². The lowest BCUT2D eigenvalue weighted by Crippen LogP contribution is -2.34. The zero-order chi connectivity index (χ0) is 28.3. The Balaban J connectivity index is 1.69. The Hall–Kier alpha value is -4.40. The molecule has 9 nitrogen and oxygen atoms in total. The van der Waals surface area contributed by atoms with Crippen LogP contribution in [0.15, 0.2) is 77.3 Å². The molecule has 1 atom stereocenters. The first-order chi connectivity index (χ1) is 18.6. The van der Waals surface area contributed by atoms with E-state index in [4.69, 9.17) is 14.6 Å². The molecule has 0 fully saturated rings. The van der Waals surface area contributed by atoms with Crippen LogP contribution in [-0.2, 0) is 19.1 Å². The fourth-order valence-electron chi connectivity index (χ4n) is 4.95. The number of ether oxygens (including phenoxy) is 2. The van der Waals surface area contributed by atoms with Crippen molar-refractivity contribution in [3.63, 3.8) is 0 Å². The van der Waals surface area contributed by atoms with Crippen LogP contribution in [0.2, 0.25) is 0 Å². The predicted octanol–water partition coefficient (Wildman–Crippen LogP) is 4.18. The van der Waals surface area contributed by atoms with Crippen molar-refractivity contribution < 1.29 is 23.9 Å². The van der Waals surface area contributed by atoms with Gasteiger partial charge in [0.25, 0.3) is 5.91 Å². The van der Waals surface area contributed by atoms with Crippen LogP contribution in [0.25, 0.3) is 5.52 Å². The molecule has 1 aliphatic heterocycles. The number of fused-ring (bicyclic) bond motifs is 1. The van der Waals surface area contributed by atoms with Gasteiger partial charge in [-0.1, -0.05) is 38.1 Å². The number of hydrogen-bond donors (Lipinski definition) is 1. The van der Waals surface area contributed by atoms with Gasteiger partial charge in [-0.05, 0) is 44.0 Å². The van der Waals surface area contributed by atoms with Crippen molar-refractivity contribution in [3.05, 3.63) is 94.1 Å². The van der Waals surface area contributed by atoms with Gasteiger partial charge in [0, 0.05) is 35.8 Å². The van der Waals surface area contributed by atoms with Crippen LogP contribution in [0.4, 0.5) is 0 Å². The van der Waals surface area contributed by atoms with E-state index in [-0.39, 0.29) is 25.0 Å². The fraction of sp³-hybridized carbons (Fsp3) is 0.333. The molecule has 1 amide bonds. The van der Waals surface area contributed by atoms with Gasteiger partial charge < -0.3 is 19.7 Å². The number of likely N-dealkylation sites (N-methyl/N-ethyl adjacent to an activating group) is 1. The molecule has 3 heterocycles. The second kappa shape index (κ2) is 11.6. The van der Waals surface area contributed by atoms with Crippen molar-refractivity contribution in [2.45, 2.75) is 39.5 Å².